The topological polar surface area (TPSA) is 49.3 Å². The Morgan fingerprint density at radius 2 is 2.23 bits per heavy atom. The second-order valence-corrected chi connectivity index (χ2v) is 2.92. The van der Waals surface area contributed by atoms with Gasteiger partial charge in [0.25, 0.3) is 0 Å². The van der Waals surface area contributed by atoms with Gasteiger partial charge in [-0.1, -0.05) is 17.7 Å². The highest BCUT2D eigenvalue weighted by Crippen LogP contribution is 2.22. The van der Waals surface area contributed by atoms with Crippen LogP contribution >= 0.6 is 0 Å². The molecule has 1 atom stereocenters. The van der Waals surface area contributed by atoms with Gasteiger partial charge in [0.15, 0.2) is 6.29 Å². The molecule has 1 rings (SSSR count). The van der Waals surface area contributed by atoms with Gasteiger partial charge in [0.05, 0.1) is 0 Å². The number of aliphatic hydroxyl groups is 1. The van der Waals surface area contributed by atoms with Crippen molar-refractivity contribution in [1.82, 2.24) is 0 Å². The van der Waals surface area contributed by atoms with E-state index in [-0.39, 0.29) is 0 Å². The van der Waals surface area contributed by atoms with Crippen LogP contribution in [0, 0.1) is 6.92 Å². The van der Waals surface area contributed by atoms with Gasteiger partial charge in [-0.25, -0.2) is 0 Å². The minimum absolute atomic E-state index is 0.523. The highest BCUT2D eigenvalue weighted by molar-refractivity contribution is 5.66. The van der Waals surface area contributed by atoms with E-state index in [9.17, 15) is 9.90 Å². The SMILES string of the molecule is CNc1ccc(C)cc1C(O)C=O. The molecule has 70 valence electrons. The summed E-state index contributed by atoms with van der Waals surface area (Å²) in [4.78, 5) is 10.4. The standard InChI is InChI=1S/C10H13NO2/c1-7-3-4-9(11-2)8(5-7)10(13)6-12/h3-6,10-11,13H,1-2H3. The highest BCUT2D eigenvalue weighted by atomic mass is 16.3. The number of benzene rings is 1. The molecule has 0 heterocycles. The van der Waals surface area contributed by atoms with Crippen molar-refractivity contribution in [3.05, 3.63) is 29.3 Å². The highest BCUT2D eigenvalue weighted by Gasteiger charge is 2.10. The van der Waals surface area contributed by atoms with E-state index in [2.05, 4.69) is 5.32 Å². The Morgan fingerprint density at radius 3 is 2.77 bits per heavy atom. The maximum absolute atomic E-state index is 10.4. The number of hydrogen-bond acceptors (Lipinski definition) is 3. The van der Waals surface area contributed by atoms with Gasteiger partial charge >= 0.3 is 0 Å². The summed E-state index contributed by atoms with van der Waals surface area (Å²) in [6, 6.07) is 5.56. The molecule has 0 aromatic heterocycles. The van der Waals surface area contributed by atoms with Crippen LogP contribution in [-0.4, -0.2) is 18.4 Å². The van der Waals surface area contributed by atoms with Gasteiger partial charge in [0.2, 0.25) is 0 Å². The van der Waals surface area contributed by atoms with E-state index in [1.165, 1.54) is 0 Å². The third-order valence-electron chi connectivity index (χ3n) is 1.92. The van der Waals surface area contributed by atoms with Crippen molar-refractivity contribution < 1.29 is 9.90 Å². The Morgan fingerprint density at radius 1 is 1.54 bits per heavy atom. The fourth-order valence-electron chi connectivity index (χ4n) is 1.23. The molecule has 1 unspecified atom stereocenters. The molecule has 1 aromatic rings. The first kappa shape index (κ1) is 9.74. The molecule has 2 N–H and O–H groups in total. The predicted molar refractivity (Wildman–Crippen MR) is 51.7 cm³/mol. The van der Waals surface area contributed by atoms with Crippen LogP contribution in [-0.2, 0) is 4.79 Å². The maximum Gasteiger partial charge on any atom is 0.153 e. The van der Waals surface area contributed by atoms with Crippen LogP contribution in [0.5, 0.6) is 0 Å². The number of nitrogens with one attached hydrogen (secondary N) is 1. The molecule has 0 fully saturated rings. The molecule has 3 nitrogen and oxygen atoms in total. The quantitative estimate of drug-likeness (QED) is 0.687. The van der Waals surface area contributed by atoms with Gasteiger partial charge in [0, 0.05) is 18.3 Å². The van der Waals surface area contributed by atoms with E-state index in [0.717, 1.165) is 11.3 Å². The second-order valence-electron chi connectivity index (χ2n) is 2.92. The van der Waals surface area contributed by atoms with Gasteiger partial charge in [-0.3, -0.25) is 0 Å². The Bertz CT molecular complexity index is 310. The lowest BCUT2D eigenvalue weighted by Gasteiger charge is -2.11. The molecule has 0 amide bonds. The molecule has 13 heavy (non-hydrogen) atoms. The van der Waals surface area contributed by atoms with Crippen LogP contribution in [0.15, 0.2) is 18.2 Å². The monoisotopic (exact) mass is 179 g/mol. The zero-order valence-corrected chi connectivity index (χ0v) is 7.74. The zero-order valence-electron chi connectivity index (χ0n) is 7.74. The van der Waals surface area contributed by atoms with Gasteiger partial charge in [-0.15, -0.1) is 0 Å². The summed E-state index contributed by atoms with van der Waals surface area (Å²) in [7, 11) is 1.76. The van der Waals surface area contributed by atoms with E-state index < -0.39 is 6.10 Å². The molecule has 0 spiro atoms. The number of carbonyl (C=O) groups excluding carboxylic acids is 1. The maximum atomic E-state index is 10.4. The van der Waals surface area contributed by atoms with Gasteiger partial charge in [-0.05, 0) is 13.0 Å². The number of aldehydes is 1. The number of rotatable bonds is 3. The molecule has 3 heteroatoms. The average molecular weight is 179 g/mol. The smallest absolute Gasteiger partial charge is 0.153 e. The van der Waals surface area contributed by atoms with Crippen molar-refractivity contribution in [1.29, 1.82) is 0 Å². The number of aliphatic hydroxyl groups excluding tert-OH is 1. The summed E-state index contributed by atoms with van der Waals surface area (Å²) in [5, 5.41) is 12.3. The number of aryl methyl sites for hydroxylation is 1. The van der Waals surface area contributed by atoms with Crippen molar-refractivity contribution in [3.63, 3.8) is 0 Å². The molecule has 0 aliphatic carbocycles. The van der Waals surface area contributed by atoms with Crippen LogP contribution in [0.25, 0.3) is 0 Å². The fourth-order valence-corrected chi connectivity index (χ4v) is 1.23. The molecule has 0 aliphatic rings. The Labute approximate surface area is 77.4 Å². The first-order chi connectivity index (χ1) is 6.19. The van der Waals surface area contributed by atoms with Crippen LogP contribution in [0.2, 0.25) is 0 Å². The zero-order chi connectivity index (χ0) is 9.84. The molecule has 0 radical (unpaired) electrons. The molecule has 0 bridgehead atoms. The van der Waals surface area contributed by atoms with Gasteiger partial charge in [-0.2, -0.15) is 0 Å². The van der Waals surface area contributed by atoms with Crippen molar-refractivity contribution in [2.45, 2.75) is 13.0 Å². The number of anilines is 1. The summed E-state index contributed by atoms with van der Waals surface area (Å²) < 4.78 is 0. The molecule has 0 aliphatic heterocycles. The van der Waals surface area contributed by atoms with Crippen molar-refractivity contribution in [2.24, 2.45) is 0 Å². The largest absolute Gasteiger partial charge is 0.388 e. The van der Waals surface area contributed by atoms with Crippen LogP contribution in [0.3, 0.4) is 0 Å². The van der Waals surface area contributed by atoms with E-state index in [1.54, 1.807) is 13.1 Å². The van der Waals surface area contributed by atoms with Crippen molar-refractivity contribution in [2.75, 3.05) is 12.4 Å². The van der Waals surface area contributed by atoms with Crippen molar-refractivity contribution in [3.8, 4) is 0 Å². The lowest BCUT2D eigenvalue weighted by molar-refractivity contribution is -0.115. The van der Waals surface area contributed by atoms with E-state index in [0.29, 0.717) is 11.8 Å². The summed E-state index contributed by atoms with van der Waals surface area (Å²) in [6.07, 6.45) is -0.516. The Hall–Kier alpha value is -1.35. The van der Waals surface area contributed by atoms with E-state index in [1.807, 2.05) is 19.1 Å². The average Bonchev–Trinajstić information content (AvgIpc) is 2.16. The molecular weight excluding hydrogens is 166 g/mol. The summed E-state index contributed by atoms with van der Waals surface area (Å²) in [6.45, 7) is 1.92. The van der Waals surface area contributed by atoms with Gasteiger partial charge in [0.1, 0.15) is 6.10 Å². The lowest BCUT2D eigenvalue weighted by atomic mass is 10.1. The van der Waals surface area contributed by atoms with Crippen molar-refractivity contribution >= 4 is 12.0 Å². The predicted octanol–water partition coefficient (Wildman–Crippen LogP) is 1.27. The first-order valence-electron chi connectivity index (χ1n) is 4.10. The second kappa shape index (κ2) is 4.05. The summed E-state index contributed by atoms with van der Waals surface area (Å²) in [5.74, 6) is 0. The van der Waals surface area contributed by atoms with E-state index in [4.69, 9.17) is 0 Å². The third-order valence-corrected chi connectivity index (χ3v) is 1.92. The Balaban J connectivity index is 3.14. The summed E-state index contributed by atoms with van der Waals surface area (Å²) >= 11 is 0. The van der Waals surface area contributed by atoms with Crippen LogP contribution in [0.1, 0.15) is 17.2 Å². The molecule has 0 saturated carbocycles. The Kier molecular flexibility index (Phi) is 3.03. The van der Waals surface area contributed by atoms with Crippen LogP contribution < -0.4 is 5.32 Å². The minimum Gasteiger partial charge on any atom is -0.388 e. The van der Waals surface area contributed by atoms with E-state index >= 15 is 0 Å². The number of hydrogen-bond donors (Lipinski definition) is 2. The normalized spacial score (nSPS) is 12.2. The fraction of sp³-hybridized carbons (Fsp3) is 0.300. The molecular formula is C10H13NO2. The minimum atomic E-state index is -1.04. The third kappa shape index (κ3) is 2.06. The number of carbonyl (C=O) groups is 1. The van der Waals surface area contributed by atoms with Crippen LogP contribution in [0.4, 0.5) is 5.69 Å². The molecule has 0 saturated heterocycles. The lowest BCUT2D eigenvalue weighted by Crippen LogP contribution is -2.03. The van der Waals surface area contributed by atoms with Gasteiger partial charge < -0.3 is 15.2 Å². The first-order valence-corrected chi connectivity index (χ1v) is 4.10. The summed E-state index contributed by atoms with van der Waals surface area (Å²) in [5.41, 5.74) is 2.43. The molecule has 1 aromatic carbocycles.